The normalized spacial score (nSPS) is 33.9. The molecule has 0 amide bonds. The molecular weight excluding hydrogens is 1850 g/mol. The van der Waals surface area contributed by atoms with Gasteiger partial charge in [0.25, 0.3) is 0 Å². The maximum Gasteiger partial charge on any atom is 0.344 e. The van der Waals surface area contributed by atoms with E-state index in [1.807, 2.05) is 215 Å². The van der Waals surface area contributed by atoms with Crippen LogP contribution in [0.2, 0.25) is 0 Å². The quantitative estimate of drug-likeness (QED) is 0.0520. The van der Waals surface area contributed by atoms with Crippen molar-refractivity contribution in [2.75, 3.05) is 13.2 Å². The highest BCUT2D eigenvalue weighted by Gasteiger charge is 2.70. The first-order chi connectivity index (χ1) is 68.9. The summed E-state index contributed by atoms with van der Waals surface area (Å²) in [7, 11) is 0. The Bertz CT molecular complexity index is 4140. The van der Waals surface area contributed by atoms with Crippen LogP contribution >= 0.6 is 0 Å². The molecule has 23 aliphatic carbocycles. The summed E-state index contributed by atoms with van der Waals surface area (Å²) in [6, 6.07) is 0. The molecule has 20 bridgehead atoms. The lowest BCUT2D eigenvalue weighted by Gasteiger charge is -2.63. The van der Waals surface area contributed by atoms with E-state index in [0.717, 1.165) is 177 Å². The van der Waals surface area contributed by atoms with Crippen molar-refractivity contribution in [1.29, 1.82) is 0 Å². The van der Waals surface area contributed by atoms with Crippen molar-refractivity contribution in [2.45, 2.75) is 596 Å². The molecule has 0 N–H and O–H groups in total. The average Bonchev–Trinajstić information content (AvgIpc) is 1.51. The van der Waals surface area contributed by atoms with Crippen molar-refractivity contribution in [1.82, 2.24) is 0 Å². The van der Waals surface area contributed by atoms with Crippen molar-refractivity contribution >= 4 is 59.7 Å². The minimum Gasteiger partial charge on any atom is -0.459 e. The summed E-state index contributed by atoms with van der Waals surface area (Å²) in [5.41, 5.74) is -6.94. The van der Waals surface area contributed by atoms with Gasteiger partial charge in [0.05, 0.1) is 43.3 Å². The Kier molecular flexibility index (Phi) is 45.5. The summed E-state index contributed by atoms with van der Waals surface area (Å²) in [4.78, 5) is 128. The second-order valence-corrected chi connectivity index (χ2v) is 53.9. The Hall–Kier alpha value is -5.30. The molecule has 23 rings (SSSR count). The minimum absolute atomic E-state index is 0.00109. The molecule has 20 nitrogen and oxygen atoms in total. The third kappa shape index (κ3) is 30.3. The second kappa shape index (κ2) is 52.0. The van der Waals surface area contributed by atoms with Gasteiger partial charge in [0.15, 0.2) is 13.2 Å². The number of rotatable bonds is 28. The first-order valence-corrected chi connectivity index (χ1v) is 61.1. The largest absolute Gasteiger partial charge is 0.459 e. The van der Waals surface area contributed by atoms with E-state index in [0.29, 0.717) is 91.3 Å². The van der Waals surface area contributed by atoms with Gasteiger partial charge in [0.1, 0.15) is 44.8 Å². The predicted molar refractivity (Wildman–Crippen MR) is 589 cm³/mol. The fourth-order valence-corrected chi connectivity index (χ4v) is 31.0. The number of hydrogen-bond acceptors (Lipinski definition) is 20. The van der Waals surface area contributed by atoms with Gasteiger partial charge in [-0.05, 0) is 464 Å². The first kappa shape index (κ1) is 129. The minimum atomic E-state index is -0.556. The molecule has 147 heavy (non-hydrogen) atoms. The summed E-state index contributed by atoms with van der Waals surface area (Å²) < 4.78 is 59.5. The molecule has 0 aromatic heterocycles. The van der Waals surface area contributed by atoms with Gasteiger partial charge in [0.2, 0.25) is 0 Å². The molecule has 6 atom stereocenters. The smallest absolute Gasteiger partial charge is 0.344 e. The Morgan fingerprint density at radius 2 is 0.524 bits per heavy atom. The summed E-state index contributed by atoms with van der Waals surface area (Å²) >= 11 is 0. The number of ether oxygens (including phenoxy) is 10. The molecule has 0 aliphatic heterocycles. The topological polar surface area (TPSA) is 263 Å². The van der Waals surface area contributed by atoms with Gasteiger partial charge in [-0.25, -0.2) is 9.59 Å². The Labute approximate surface area is 896 Å². The predicted octanol–water partition coefficient (Wildman–Crippen LogP) is 32.2. The fraction of sp³-hybridized carbons (Fsp3) is 0.921. The Morgan fingerprint density at radius 3 is 0.816 bits per heavy atom. The van der Waals surface area contributed by atoms with Gasteiger partial charge in [-0.2, -0.15) is 0 Å². The van der Waals surface area contributed by atoms with Crippen LogP contribution in [0.3, 0.4) is 0 Å². The lowest BCUT2D eigenvalue weighted by Crippen LogP contribution is -2.63. The van der Waals surface area contributed by atoms with E-state index in [-0.39, 0.29) is 77.6 Å². The lowest BCUT2D eigenvalue weighted by molar-refractivity contribution is -0.238. The number of carbonyl (C=O) groups is 10. The van der Waals surface area contributed by atoms with E-state index in [1.54, 1.807) is 13.8 Å². The van der Waals surface area contributed by atoms with E-state index in [4.69, 9.17) is 47.4 Å². The molecule has 0 aromatic rings. The molecule has 23 fully saturated rings. The molecule has 0 spiro atoms. The van der Waals surface area contributed by atoms with E-state index < -0.39 is 88.9 Å². The third-order valence-electron chi connectivity index (χ3n) is 40.0. The lowest BCUT2D eigenvalue weighted by atomic mass is 9.45. The molecule has 23 saturated carbocycles. The monoisotopic (exact) mass is 2070 g/mol. The Balaban J connectivity index is 0.000000245. The first-order valence-electron chi connectivity index (χ1n) is 61.1. The van der Waals surface area contributed by atoms with Crippen molar-refractivity contribution in [3.63, 3.8) is 0 Å². The van der Waals surface area contributed by atoms with Crippen molar-refractivity contribution < 1.29 is 95.3 Å². The summed E-state index contributed by atoms with van der Waals surface area (Å²) in [5.74, 6) is 7.32. The SMILES string of the molecule is CC.CC.CC.CC.CC.CC.CC.CCC(C)(C)C(=O)OC12CC3CC(C1)CC(C(=O)OC(C)(C)C14CC5CC(CC(C5)C1)C4)(C3)C2.CCC(C)(C)C(=O)OC12CC3CC(C1)CC(C(=O)OC1(C)C4CC5CC(C4)CC1C5)(C3)C2.CCC(C)(C)C(=O)OC12CC3CC(C1)CC(C(=O)OC1(C)CCCCC1)(C3)C2.CCC(C)(C)C(=O)OCC(=O)OC(C)(C)C1CC1.CCC(C)(C)C(=O)OCC(=O)OC(C)(C)C1CCCCC1. The zero-order valence-corrected chi connectivity index (χ0v) is 101. The fourth-order valence-electron chi connectivity index (χ4n) is 31.0. The van der Waals surface area contributed by atoms with Gasteiger partial charge in [-0.3, -0.25) is 38.4 Å². The third-order valence-corrected chi connectivity index (χ3v) is 40.0. The van der Waals surface area contributed by atoms with Gasteiger partial charge in [-0.15, -0.1) is 0 Å². The summed E-state index contributed by atoms with van der Waals surface area (Å²) in [5, 5.41) is 0. The van der Waals surface area contributed by atoms with Crippen LogP contribution in [0, 0.1) is 138 Å². The van der Waals surface area contributed by atoms with Crippen LogP contribution in [0.1, 0.15) is 552 Å². The van der Waals surface area contributed by atoms with Crippen LogP contribution in [0.5, 0.6) is 0 Å². The second-order valence-electron chi connectivity index (χ2n) is 53.9. The van der Waals surface area contributed by atoms with Crippen molar-refractivity contribution in [3.05, 3.63) is 0 Å². The van der Waals surface area contributed by atoms with Gasteiger partial charge < -0.3 is 47.4 Å². The number of esters is 10. The summed E-state index contributed by atoms with van der Waals surface area (Å²) in [6.07, 6.45) is 48.4. The van der Waals surface area contributed by atoms with Crippen LogP contribution in [0.25, 0.3) is 0 Å². The van der Waals surface area contributed by atoms with Crippen LogP contribution in [0.4, 0.5) is 0 Å². The number of hydrogen-bond donors (Lipinski definition) is 0. The van der Waals surface area contributed by atoms with E-state index in [9.17, 15) is 47.9 Å². The van der Waals surface area contributed by atoms with Crippen LogP contribution < -0.4 is 0 Å². The molecule has 6 unspecified atom stereocenters. The zero-order valence-electron chi connectivity index (χ0n) is 101. The summed E-state index contributed by atoms with van der Waals surface area (Å²) in [6.45, 7) is 73.0. The molecular formula is C127H222O20. The van der Waals surface area contributed by atoms with Crippen molar-refractivity contribution in [3.8, 4) is 0 Å². The molecule has 0 heterocycles. The van der Waals surface area contributed by atoms with Gasteiger partial charge >= 0.3 is 59.7 Å². The highest BCUT2D eigenvalue weighted by molar-refractivity contribution is 5.83. The average molecular weight is 2070 g/mol. The van der Waals surface area contributed by atoms with Gasteiger partial charge in [0, 0.05) is 24.7 Å². The molecule has 0 radical (unpaired) electrons. The van der Waals surface area contributed by atoms with Crippen LogP contribution in [-0.4, -0.2) is 118 Å². The van der Waals surface area contributed by atoms with Crippen LogP contribution in [-0.2, 0) is 95.3 Å². The molecule has 0 saturated heterocycles. The Morgan fingerprint density at radius 1 is 0.265 bits per heavy atom. The maximum atomic E-state index is 14.1. The maximum absolute atomic E-state index is 14.1. The van der Waals surface area contributed by atoms with E-state index in [1.165, 1.54) is 116 Å². The molecule has 0 aromatic carbocycles. The highest BCUT2D eigenvalue weighted by Crippen LogP contribution is 2.71. The number of carbonyl (C=O) groups excluding carboxylic acids is 10. The van der Waals surface area contributed by atoms with Gasteiger partial charge in [-0.1, -0.05) is 157 Å². The zero-order chi connectivity index (χ0) is 111. The molecule has 20 heteroatoms. The van der Waals surface area contributed by atoms with E-state index in [2.05, 4.69) is 27.7 Å². The molecule has 23 aliphatic rings. The standard InChI is InChI=1S/C30H46O4.C28H42O4.C24H38O4.C17H30O4.C14H24O4.7C2H6/c1-6-26(2,3)24(31)34-30-16-22-10-23(17-30)12-28(11-22,18-30)25(32)33-27(4,5)29-13-19-7-20(14-29)9-21(8-19)15-29;1-5-25(2,3)23(29)32-28-14-19-7-20(15-28)13-27(12-19,16-28)24(30)31-26(4)21-8-17-6-18(10-21)11-22(26)9-17;1-5-21(2,3)19(25)28-24-14-17-11-18(15-24)13-23(12-17,16-24)20(26)27-22(4)9-7-6-8-10-22;1-6-16(2,3)15(19)20-12-14(18)21-17(4,5)13-10-8-7-9-11-13;1-6-13(2,3)12(16)17-9-11(15)18-14(4,5)10-7-8-10;7*1-2/h19-23H,6-18H2,1-5H3;17-22H,5-16H2,1-4H3;17-18H,5-16H2,1-4H3;13H,6-12H2,1-5H3;10H,6-9H2,1-5H3;7*1-2H3. The highest BCUT2D eigenvalue weighted by atomic mass is 16.6. The van der Waals surface area contributed by atoms with E-state index >= 15 is 0 Å². The van der Waals surface area contributed by atoms with Crippen molar-refractivity contribution in [2.24, 2.45) is 138 Å². The van der Waals surface area contributed by atoms with Crippen LogP contribution in [0.15, 0.2) is 0 Å². The molecule has 850 valence electrons.